The molecule has 6 nitrogen and oxygen atoms in total. The van der Waals surface area contributed by atoms with Crippen molar-refractivity contribution in [3.63, 3.8) is 0 Å². The van der Waals surface area contributed by atoms with Gasteiger partial charge in [0.25, 0.3) is 0 Å². The van der Waals surface area contributed by atoms with E-state index >= 15 is 0 Å². The lowest BCUT2D eigenvalue weighted by Crippen LogP contribution is -2.35. The Morgan fingerprint density at radius 3 is 2.46 bits per heavy atom. The van der Waals surface area contributed by atoms with Crippen LogP contribution in [0.3, 0.4) is 0 Å². The quantitative estimate of drug-likeness (QED) is 0.719. The van der Waals surface area contributed by atoms with E-state index in [0.29, 0.717) is 11.9 Å². The van der Waals surface area contributed by atoms with Crippen LogP contribution in [0.15, 0.2) is 30.7 Å². The van der Waals surface area contributed by atoms with Gasteiger partial charge in [0.15, 0.2) is 0 Å². The monoisotopic (exact) mass is 395 g/mol. The number of fused-ring (bicyclic) bond motifs is 1. The number of thiazole rings is 1. The Hall–Kier alpha value is -2.38. The molecule has 3 heterocycles. The summed E-state index contributed by atoms with van der Waals surface area (Å²) < 4.78 is 0. The Balaban J connectivity index is 1.49. The fourth-order valence-corrected chi connectivity index (χ4v) is 4.55. The minimum atomic E-state index is 0.0712. The topological polar surface area (TPSA) is 71.0 Å². The lowest BCUT2D eigenvalue weighted by Gasteiger charge is -2.31. The fraction of sp³-hybridized carbons (Fsp3) is 0.429. The second-order valence-electron chi connectivity index (χ2n) is 7.69. The summed E-state index contributed by atoms with van der Waals surface area (Å²) in [4.78, 5) is 29.2. The van der Waals surface area contributed by atoms with Crippen LogP contribution in [0, 0.1) is 12.8 Å². The highest BCUT2D eigenvalue weighted by atomic mass is 32.1. The number of carbonyl (C=O) groups excluding carboxylic acids is 1. The summed E-state index contributed by atoms with van der Waals surface area (Å²) in [5, 5.41) is 6.00. The Bertz CT molecular complexity index is 991. The molecule has 1 fully saturated rings. The third-order valence-electron chi connectivity index (χ3n) is 5.53. The van der Waals surface area contributed by atoms with Crippen LogP contribution >= 0.6 is 11.3 Å². The number of aryl methyl sites for hydroxylation is 1. The van der Waals surface area contributed by atoms with Gasteiger partial charge >= 0.3 is 0 Å². The van der Waals surface area contributed by atoms with Crippen molar-refractivity contribution in [3.8, 4) is 10.6 Å². The average molecular weight is 396 g/mol. The predicted molar refractivity (Wildman–Crippen MR) is 113 cm³/mol. The average Bonchev–Trinajstić information content (AvgIpc) is 3.14. The molecular weight excluding hydrogens is 370 g/mol. The van der Waals surface area contributed by atoms with Crippen LogP contribution in [0.5, 0.6) is 0 Å². The molecule has 0 unspecified atom stereocenters. The van der Waals surface area contributed by atoms with E-state index in [9.17, 15) is 4.79 Å². The Labute approximate surface area is 169 Å². The first-order valence-electron chi connectivity index (χ1n) is 9.65. The number of carbonyl (C=O) groups is 1. The largest absolute Gasteiger partial charge is 0.310 e. The number of nitrogens with one attached hydrogen (secondary N) is 1. The number of pyridine rings is 2. The van der Waals surface area contributed by atoms with Crippen molar-refractivity contribution >= 4 is 33.8 Å². The Morgan fingerprint density at radius 1 is 1.04 bits per heavy atom. The molecule has 3 aromatic rings. The van der Waals surface area contributed by atoms with Gasteiger partial charge in [0, 0.05) is 35.9 Å². The molecule has 0 aliphatic heterocycles. The number of nitrogens with zero attached hydrogens (tertiary/aromatic N) is 4. The molecule has 1 amide bonds. The van der Waals surface area contributed by atoms with Crippen molar-refractivity contribution in [2.75, 3.05) is 19.4 Å². The van der Waals surface area contributed by atoms with Crippen LogP contribution in [0.1, 0.15) is 30.7 Å². The third-order valence-corrected chi connectivity index (χ3v) is 6.46. The number of aromatic nitrogens is 3. The van der Waals surface area contributed by atoms with Crippen molar-refractivity contribution in [1.82, 2.24) is 19.9 Å². The first-order chi connectivity index (χ1) is 13.5. The van der Waals surface area contributed by atoms with E-state index in [0.717, 1.165) is 52.0 Å². The second-order valence-corrected chi connectivity index (χ2v) is 8.92. The lowest BCUT2D eigenvalue weighted by molar-refractivity contribution is -0.121. The normalized spacial score (nSPS) is 19.9. The molecule has 3 aromatic heterocycles. The molecule has 28 heavy (non-hydrogen) atoms. The van der Waals surface area contributed by atoms with Gasteiger partial charge in [0.2, 0.25) is 5.91 Å². The van der Waals surface area contributed by atoms with Crippen LogP contribution in [-0.2, 0) is 4.79 Å². The number of hydrogen-bond donors (Lipinski definition) is 1. The molecule has 4 rings (SSSR count). The highest BCUT2D eigenvalue weighted by Gasteiger charge is 2.27. The number of hydrogen-bond acceptors (Lipinski definition) is 6. The van der Waals surface area contributed by atoms with Crippen molar-refractivity contribution < 1.29 is 4.79 Å². The van der Waals surface area contributed by atoms with Crippen LogP contribution in [0.25, 0.3) is 21.3 Å². The van der Waals surface area contributed by atoms with E-state index in [1.54, 1.807) is 17.5 Å². The van der Waals surface area contributed by atoms with Crippen LogP contribution in [-0.4, -0.2) is 45.9 Å². The maximum Gasteiger partial charge on any atom is 0.228 e. The second kappa shape index (κ2) is 7.93. The van der Waals surface area contributed by atoms with Crippen LogP contribution in [0.2, 0.25) is 0 Å². The summed E-state index contributed by atoms with van der Waals surface area (Å²) in [7, 11) is 4.22. The molecule has 1 saturated carbocycles. The molecule has 0 aromatic carbocycles. The standard InChI is InChI=1S/C21H25N5OS/c1-13-22-12-19(28-13)18-8-15-9-20(24-11-16(15)10-23-18)25-21(27)14-4-6-17(7-5-14)26(2)3/h8-12,14,17H,4-7H2,1-3H3,(H,24,25,27). The fourth-order valence-electron chi connectivity index (χ4n) is 3.80. The first-order valence-corrected chi connectivity index (χ1v) is 10.5. The zero-order valence-corrected chi connectivity index (χ0v) is 17.3. The predicted octanol–water partition coefficient (Wildman–Crippen LogP) is 4.12. The van der Waals surface area contributed by atoms with E-state index < -0.39 is 0 Å². The van der Waals surface area contributed by atoms with Crippen molar-refractivity contribution in [2.24, 2.45) is 5.92 Å². The van der Waals surface area contributed by atoms with Crippen LogP contribution < -0.4 is 5.32 Å². The summed E-state index contributed by atoms with van der Waals surface area (Å²) in [5.41, 5.74) is 0.892. The van der Waals surface area contributed by atoms with Gasteiger partial charge in [-0.1, -0.05) is 0 Å². The molecule has 0 bridgehead atoms. The van der Waals surface area contributed by atoms with Crippen molar-refractivity contribution in [1.29, 1.82) is 0 Å². The van der Waals surface area contributed by atoms with Gasteiger partial charge in [-0.2, -0.15) is 0 Å². The van der Waals surface area contributed by atoms with Gasteiger partial charge in [-0.25, -0.2) is 9.97 Å². The minimum Gasteiger partial charge on any atom is -0.310 e. The molecule has 0 atom stereocenters. The summed E-state index contributed by atoms with van der Waals surface area (Å²) in [5.74, 6) is 0.753. The molecule has 1 aliphatic rings. The van der Waals surface area contributed by atoms with Gasteiger partial charge in [-0.15, -0.1) is 11.3 Å². The Morgan fingerprint density at radius 2 is 1.79 bits per heavy atom. The minimum absolute atomic E-state index is 0.0712. The summed E-state index contributed by atoms with van der Waals surface area (Å²) in [6.07, 6.45) is 9.44. The molecule has 1 N–H and O–H groups in total. The zero-order valence-electron chi connectivity index (χ0n) is 16.5. The summed E-state index contributed by atoms with van der Waals surface area (Å²) >= 11 is 1.62. The zero-order chi connectivity index (χ0) is 19.7. The van der Waals surface area contributed by atoms with Crippen molar-refractivity contribution in [2.45, 2.75) is 38.6 Å². The van der Waals surface area contributed by atoms with Crippen LogP contribution in [0.4, 0.5) is 5.82 Å². The first kappa shape index (κ1) is 19.0. The SMILES string of the molecule is Cc1ncc(-c2cc3cc(NC(=O)C4CCC(N(C)C)CC4)ncc3cn2)s1. The summed E-state index contributed by atoms with van der Waals surface area (Å²) in [6, 6.07) is 4.55. The third kappa shape index (κ3) is 4.05. The highest BCUT2D eigenvalue weighted by molar-refractivity contribution is 7.15. The molecule has 1 aliphatic carbocycles. The highest BCUT2D eigenvalue weighted by Crippen LogP contribution is 2.29. The molecule has 0 saturated heterocycles. The number of anilines is 1. The van der Waals surface area contributed by atoms with E-state index in [1.807, 2.05) is 31.5 Å². The maximum atomic E-state index is 12.7. The summed E-state index contributed by atoms with van der Waals surface area (Å²) in [6.45, 7) is 1.98. The molecule has 7 heteroatoms. The van der Waals surface area contributed by atoms with Gasteiger partial charge in [-0.3, -0.25) is 9.78 Å². The van der Waals surface area contributed by atoms with Gasteiger partial charge in [0.05, 0.1) is 15.6 Å². The molecule has 0 radical (unpaired) electrons. The smallest absolute Gasteiger partial charge is 0.228 e. The van der Waals surface area contributed by atoms with Gasteiger partial charge in [-0.05, 0) is 64.2 Å². The molecule has 0 spiro atoms. The molecular formula is C21H25N5OS. The Kier molecular flexibility index (Phi) is 5.37. The lowest BCUT2D eigenvalue weighted by atomic mass is 9.85. The number of amides is 1. The van der Waals surface area contributed by atoms with Crippen molar-refractivity contribution in [3.05, 3.63) is 35.7 Å². The van der Waals surface area contributed by atoms with Gasteiger partial charge < -0.3 is 10.2 Å². The van der Waals surface area contributed by atoms with Gasteiger partial charge in [0.1, 0.15) is 5.82 Å². The molecule has 146 valence electrons. The van der Waals surface area contributed by atoms with E-state index in [-0.39, 0.29) is 11.8 Å². The maximum absolute atomic E-state index is 12.7. The van der Waals surface area contributed by atoms with E-state index in [2.05, 4.69) is 39.3 Å². The number of rotatable bonds is 4. The van der Waals surface area contributed by atoms with E-state index in [1.165, 1.54) is 0 Å². The van der Waals surface area contributed by atoms with E-state index in [4.69, 9.17) is 0 Å².